The largest absolute Gasteiger partial charge is 0.383 e. The lowest BCUT2D eigenvalue weighted by Crippen LogP contribution is -2.34. The molecule has 1 aromatic rings. The highest BCUT2D eigenvalue weighted by Gasteiger charge is 2.13. The number of aromatic nitrogens is 1. The summed E-state index contributed by atoms with van der Waals surface area (Å²) in [6.07, 6.45) is 0. The Balaban J connectivity index is 2.78. The van der Waals surface area contributed by atoms with Gasteiger partial charge in [-0.25, -0.2) is 0 Å². The standard InChI is InChI=1S/C11H16N2O3/c1-3-13(7-8-16-2)11(15)9-5-4-6-10(14)12-9/h4-6H,3,7-8H2,1-2H3,(H,12,14). The van der Waals surface area contributed by atoms with Crippen LogP contribution in [0.5, 0.6) is 0 Å². The smallest absolute Gasteiger partial charge is 0.270 e. The lowest BCUT2D eigenvalue weighted by atomic mass is 10.3. The fraction of sp³-hybridized carbons (Fsp3) is 0.455. The average molecular weight is 224 g/mol. The zero-order valence-electron chi connectivity index (χ0n) is 9.53. The molecule has 1 N–H and O–H groups in total. The van der Waals surface area contributed by atoms with Crippen LogP contribution in [0.15, 0.2) is 23.0 Å². The van der Waals surface area contributed by atoms with E-state index in [2.05, 4.69) is 4.98 Å². The van der Waals surface area contributed by atoms with E-state index in [4.69, 9.17) is 4.74 Å². The average Bonchev–Trinajstić information content (AvgIpc) is 2.29. The molecule has 1 amide bonds. The Morgan fingerprint density at radius 2 is 2.25 bits per heavy atom. The molecule has 88 valence electrons. The van der Waals surface area contributed by atoms with Gasteiger partial charge in [-0.1, -0.05) is 6.07 Å². The molecular formula is C11H16N2O3. The van der Waals surface area contributed by atoms with Crippen molar-refractivity contribution in [2.24, 2.45) is 0 Å². The summed E-state index contributed by atoms with van der Waals surface area (Å²) in [6, 6.07) is 4.54. The number of H-pyrrole nitrogens is 1. The van der Waals surface area contributed by atoms with Crippen LogP contribution in [0.3, 0.4) is 0 Å². The van der Waals surface area contributed by atoms with Gasteiger partial charge in [-0.3, -0.25) is 9.59 Å². The van der Waals surface area contributed by atoms with E-state index in [0.29, 0.717) is 25.4 Å². The number of nitrogens with one attached hydrogen (secondary N) is 1. The predicted octanol–water partition coefficient (Wildman–Crippen LogP) is 0.483. The van der Waals surface area contributed by atoms with Crippen LogP contribution in [0.4, 0.5) is 0 Å². The number of ether oxygens (including phenoxy) is 1. The first-order chi connectivity index (χ1) is 7.69. The molecule has 0 saturated carbocycles. The Bertz CT molecular complexity index is 400. The second kappa shape index (κ2) is 6.07. The van der Waals surface area contributed by atoms with E-state index < -0.39 is 0 Å². The molecule has 0 bridgehead atoms. The van der Waals surface area contributed by atoms with E-state index in [1.54, 1.807) is 24.1 Å². The van der Waals surface area contributed by atoms with Gasteiger partial charge in [0.2, 0.25) is 5.56 Å². The van der Waals surface area contributed by atoms with Gasteiger partial charge in [0.1, 0.15) is 5.69 Å². The molecule has 1 aromatic heterocycles. The molecule has 1 rings (SSSR count). The van der Waals surface area contributed by atoms with Gasteiger partial charge in [0, 0.05) is 26.3 Å². The summed E-state index contributed by atoms with van der Waals surface area (Å²) in [5.74, 6) is -0.183. The number of nitrogens with zero attached hydrogens (tertiary/aromatic N) is 1. The highest BCUT2D eigenvalue weighted by Crippen LogP contribution is 1.99. The fourth-order valence-electron chi connectivity index (χ4n) is 1.35. The molecule has 0 fully saturated rings. The monoisotopic (exact) mass is 224 g/mol. The van der Waals surface area contributed by atoms with Gasteiger partial charge in [-0.2, -0.15) is 0 Å². The van der Waals surface area contributed by atoms with Crippen LogP contribution in [0.2, 0.25) is 0 Å². The van der Waals surface area contributed by atoms with E-state index in [1.807, 2.05) is 6.92 Å². The van der Waals surface area contributed by atoms with Crippen LogP contribution < -0.4 is 5.56 Å². The van der Waals surface area contributed by atoms with Crippen molar-refractivity contribution in [2.45, 2.75) is 6.92 Å². The lowest BCUT2D eigenvalue weighted by molar-refractivity contribution is 0.0700. The van der Waals surface area contributed by atoms with Gasteiger partial charge in [0.25, 0.3) is 5.91 Å². The van der Waals surface area contributed by atoms with Crippen LogP contribution in [-0.4, -0.2) is 42.6 Å². The lowest BCUT2D eigenvalue weighted by Gasteiger charge is -2.19. The summed E-state index contributed by atoms with van der Waals surface area (Å²) in [5, 5.41) is 0. The summed E-state index contributed by atoms with van der Waals surface area (Å²) in [4.78, 5) is 27.1. The number of aromatic amines is 1. The maximum Gasteiger partial charge on any atom is 0.270 e. The molecule has 5 nitrogen and oxygen atoms in total. The first kappa shape index (κ1) is 12.4. The Kier molecular flexibility index (Phi) is 4.72. The van der Waals surface area contributed by atoms with Gasteiger partial charge in [0.05, 0.1) is 6.61 Å². The van der Waals surface area contributed by atoms with Crippen molar-refractivity contribution in [3.8, 4) is 0 Å². The van der Waals surface area contributed by atoms with Crippen LogP contribution in [0.25, 0.3) is 0 Å². The van der Waals surface area contributed by atoms with E-state index in [1.165, 1.54) is 6.07 Å². The highest BCUT2D eigenvalue weighted by atomic mass is 16.5. The van der Waals surface area contributed by atoms with Crippen LogP contribution in [0.1, 0.15) is 17.4 Å². The van der Waals surface area contributed by atoms with Crippen molar-refractivity contribution in [3.05, 3.63) is 34.2 Å². The number of hydrogen-bond donors (Lipinski definition) is 1. The van der Waals surface area contributed by atoms with E-state index in [9.17, 15) is 9.59 Å². The van der Waals surface area contributed by atoms with Gasteiger partial charge in [-0.05, 0) is 13.0 Å². The minimum absolute atomic E-state index is 0.183. The summed E-state index contributed by atoms with van der Waals surface area (Å²) in [5.41, 5.74) is 0.0408. The number of carbonyl (C=O) groups excluding carboxylic acids is 1. The second-order valence-corrected chi connectivity index (χ2v) is 3.31. The normalized spacial score (nSPS) is 10.1. The zero-order chi connectivity index (χ0) is 12.0. The Morgan fingerprint density at radius 3 is 2.81 bits per heavy atom. The van der Waals surface area contributed by atoms with Gasteiger partial charge < -0.3 is 14.6 Å². The summed E-state index contributed by atoms with van der Waals surface area (Å²) >= 11 is 0. The van der Waals surface area contributed by atoms with E-state index in [-0.39, 0.29) is 11.5 Å². The SMILES string of the molecule is CCN(CCOC)C(=O)c1cccc(=O)[nH]1. The topological polar surface area (TPSA) is 62.4 Å². The predicted molar refractivity (Wildman–Crippen MR) is 60.5 cm³/mol. The van der Waals surface area contributed by atoms with Crippen molar-refractivity contribution in [1.82, 2.24) is 9.88 Å². The van der Waals surface area contributed by atoms with Crippen LogP contribution >= 0.6 is 0 Å². The molecule has 0 aliphatic carbocycles. The maximum absolute atomic E-state index is 11.9. The number of likely N-dealkylation sites (N-methyl/N-ethyl adjacent to an activating group) is 1. The van der Waals surface area contributed by atoms with E-state index >= 15 is 0 Å². The Labute approximate surface area is 94.0 Å². The third kappa shape index (κ3) is 3.20. The number of hydrogen-bond acceptors (Lipinski definition) is 3. The molecular weight excluding hydrogens is 208 g/mol. The first-order valence-electron chi connectivity index (χ1n) is 5.16. The minimum Gasteiger partial charge on any atom is -0.383 e. The number of pyridine rings is 1. The summed E-state index contributed by atoms with van der Waals surface area (Å²) in [7, 11) is 1.59. The maximum atomic E-state index is 11.9. The molecule has 0 aliphatic rings. The number of carbonyl (C=O) groups is 1. The molecule has 1 heterocycles. The number of rotatable bonds is 5. The summed E-state index contributed by atoms with van der Waals surface area (Å²) in [6.45, 7) is 3.47. The molecule has 0 atom stereocenters. The second-order valence-electron chi connectivity index (χ2n) is 3.31. The molecule has 16 heavy (non-hydrogen) atoms. The third-order valence-electron chi connectivity index (χ3n) is 2.23. The van der Waals surface area contributed by atoms with Gasteiger partial charge in [-0.15, -0.1) is 0 Å². The van der Waals surface area contributed by atoms with Crippen molar-refractivity contribution in [2.75, 3.05) is 26.8 Å². The van der Waals surface area contributed by atoms with Crippen molar-refractivity contribution in [1.29, 1.82) is 0 Å². The fourth-order valence-corrected chi connectivity index (χ4v) is 1.35. The van der Waals surface area contributed by atoms with Crippen molar-refractivity contribution >= 4 is 5.91 Å². The zero-order valence-corrected chi connectivity index (χ0v) is 9.53. The molecule has 0 aliphatic heterocycles. The highest BCUT2D eigenvalue weighted by molar-refractivity contribution is 5.92. The minimum atomic E-state index is -0.270. The first-order valence-corrected chi connectivity index (χ1v) is 5.16. The number of amides is 1. The molecule has 0 saturated heterocycles. The molecule has 0 radical (unpaired) electrons. The van der Waals surface area contributed by atoms with Crippen LogP contribution in [-0.2, 0) is 4.74 Å². The van der Waals surface area contributed by atoms with E-state index in [0.717, 1.165) is 0 Å². The van der Waals surface area contributed by atoms with Crippen molar-refractivity contribution in [3.63, 3.8) is 0 Å². The van der Waals surface area contributed by atoms with Crippen LogP contribution in [0, 0.1) is 0 Å². The van der Waals surface area contributed by atoms with Gasteiger partial charge in [0.15, 0.2) is 0 Å². The number of methoxy groups -OCH3 is 1. The quantitative estimate of drug-likeness (QED) is 0.791. The molecule has 5 heteroatoms. The molecule has 0 aromatic carbocycles. The summed E-state index contributed by atoms with van der Waals surface area (Å²) < 4.78 is 4.92. The molecule has 0 unspecified atom stereocenters. The third-order valence-corrected chi connectivity index (χ3v) is 2.23. The van der Waals surface area contributed by atoms with Gasteiger partial charge >= 0.3 is 0 Å². The molecule has 0 spiro atoms. The van der Waals surface area contributed by atoms with Crippen molar-refractivity contribution < 1.29 is 9.53 Å². The Hall–Kier alpha value is -1.62. The Morgan fingerprint density at radius 1 is 1.50 bits per heavy atom.